The highest BCUT2D eigenvalue weighted by atomic mass is 35.5. The molecule has 12 heteroatoms. The number of carbonyl (C=O) groups is 2. The normalized spacial score (nSPS) is 11.9. The molecule has 0 aliphatic rings. The lowest BCUT2D eigenvalue weighted by Gasteiger charge is -2.15. The average Bonchev–Trinajstić information content (AvgIpc) is 3.23. The van der Waals surface area contributed by atoms with Crippen LogP contribution in [0.25, 0.3) is 16.6 Å². The van der Waals surface area contributed by atoms with E-state index in [1.165, 1.54) is 43.4 Å². The monoisotopic (exact) mass is 516 g/mol. The summed E-state index contributed by atoms with van der Waals surface area (Å²) in [6, 6.07) is 8.30. The molecule has 0 spiro atoms. The summed E-state index contributed by atoms with van der Waals surface area (Å²) in [5.74, 6) is -2.57. The molecule has 0 aliphatic carbocycles. The number of aromatic nitrogens is 2. The third-order valence-corrected chi connectivity index (χ3v) is 6.66. The van der Waals surface area contributed by atoms with Gasteiger partial charge in [-0.15, -0.1) is 11.3 Å². The zero-order valence-corrected chi connectivity index (χ0v) is 19.9. The van der Waals surface area contributed by atoms with Crippen molar-refractivity contribution in [2.75, 3.05) is 12.4 Å². The molecular formula is C23H18ClFN4O5S. The van der Waals surface area contributed by atoms with Crippen molar-refractivity contribution in [1.82, 2.24) is 14.9 Å². The SMILES string of the molecule is CNc1cc2[nH]c(=O)n(-c3ccc(C(=O)NC(C(=O)O)c4ccc(Cl)s4)c(C)c3)c(=O)c2cc1F. The molecule has 9 nitrogen and oxygen atoms in total. The third kappa shape index (κ3) is 4.55. The molecule has 4 aromatic rings. The smallest absolute Gasteiger partial charge is 0.333 e. The molecule has 4 N–H and O–H groups in total. The molecule has 0 radical (unpaired) electrons. The van der Waals surface area contributed by atoms with Gasteiger partial charge in [-0.25, -0.2) is 18.5 Å². The summed E-state index contributed by atoms with van der Waals surface area (Å²) in [6.45, 7) is 1.58. The molecule has 1 unspecified atom stereocenters. The van der Waals surface area contributed by atoms with E-state index < -0.39 is 35.0 Å². The molecule has 1 amide bonds. The standard InChI is InChI=1S/C23H18ClFN4O5S/c1-10-7-11(29-21(31)13-8-14(25)16(26-2)9-15(13)27-23(29)34)3-4-12(10)20(30)28-19(22(32)33)17-5-6-18(24)35-17/h3-9,19,26H,1-2H3,(H,27,34)(H,28,30)(H,32,33). The van der Waals surface area contributed by atoms with Crippen LogP contribution in [-0.4, -0.2) is 33.6 Å². The first-order valence-electron chi connectivity index (χ1n) is 10.2. The summed E-state index contributed by atoms with van der Waals surface area (Å²) in [4.78, 5) is 53.1. The molecule has 180 valence electrons. The molecule has 4 rings (SSSR count). The maximum absolute atomic E-state index is 14.2. The van der Waals surface area contributed by atoms with Gasteiger partial charge in [0.1, 0.15) is 5.82 Å². The van der Waals surface area contributed by atoms with Gasteiger partial charge in [-0.2, -0.15) is 0 Å². The minimum absolute atomic E-state index is 0.0283. The van der Waals surface area contributed by atoms with Crippen LogP contribution in [0, 0.1) is 12.7 Å². The number of halogens is 2. The van der Waals surface area contributed by atoms with Gasteiger partial charge in [-0.3, -0.25) is 9.59 Å². The highest BCUT2D eigenvalue weighted by Crippen LogP contribution is 2.28. The van der Waals surface area contributed by atoms with Crippen LogP contribution in [0.4, 0.5) is 10.1 Å². The summed E-state index contributed by atoms with van der Waals surface area (Å²) in [6.07, 6.45) is 0. The van der Waals surface area contributed by atoms with Gasteiger partial charge in [0.15, 0.2) is 6.04 Å². The van der Waals surface area contributed by atoms with E-state index in [1.54, 1.807) is 6.92 Å². The Morgan fingerprint density at radius 1 is 1.17 bits per heavy atom. The van der Waals surface area contributed by atoms with Crippen molar-refractivity contribution in [3.63, 3.8) is 0 Å². The first kappa shape index (κ1) is 24.2. The van der Waals surface area contributed by atoms with Crippen molar-refractivity contribution in [3.05, 3.63) is 89.5 Å². The first-order chi connectivity index (χ1) is 16.6. The predicted molar refractivity (Wildman–Crippen MR) is 132 cm³/mol. The number of H-pyrrole nitrogens is 1. The van der Waals surface area contributed by atoms with Crippen LogP contribution in [-0.2, 0) is 4.79 Å². The van der Waals surface area contributed by atoms with Crippen LogP contribution in [0.1, 0.15) is 26.8 Å². The number of benzene rings is 2. The van der Waals surface area contributed by atoms with Crippen LogP contribution < -0.4 is 21.9 Å². The number of thiophene rings is 1. The van der Waals surface area contributed by atoms with Gasteiger partial charge in [-0.05, 0) is 55.0 Å². The maximum atomic E-state index is 14.2. The summed E-state index contributed by atoms with van der Waals surface area (Å²) in [5.41, 5.74) is -0.487. The Hall–Kier alpha value is -3.96. The van der Waals surface area contributed by atoms with E-state index in [0.29, 0.717) is 14.8 Å². The van der Waals surface area contributed by atoms with Crippen LogP contribution in [0.3, 0.4) is 0 Å². The van der Waals surface area contributed by atoms with Gasteiger partial charge in [0.2, 0.25) is 0 Å². The fraction of sp³-hybridized carbons (Fsp3) is 0.130. The Labute approximate surface area is 205 Å². The molecular weight excluding hydrogens is 499 g/mol. The molecule has 0 fully saturated rings. The zero-order valence-electron chi connectivity index (χ0n) is 18.3. The number of carboxylic acid groups (broad SMARTS) is 1. The number of aliphatic carboxylic acids is 1. The lowest BCUT2D eigenvalue weighted by atomic mass is 10.1. The third-order valence-electron chi connectivity index (χ3n) is 5.37. The van der Waals surface area contributed by atoms with Crippen molar-refractivity contribution in [3.8, 4) is 5.69 Å². The second-order valence-corrected chi connectivity index (χ2v) is 9.33. The van der Waals surface area contributed by atoms with Crippen molar-refractivity contribution in [1.29, 1.82) is 0 Å². The molecule has 1 atom stereocenters. The number of rotatable bonds is 6. The van der Waals surface area contributed by atoms with Gasteiger partial charge >= 0.3 is 11.7 Å². The van der Waals surface area contributed by atoms with Crippen LogP contribution >= 0.6 is 22.9 Å². The molecule has 2 aromatic heterocycles. The lowest BCUT2D eigenvalue weighted by molar-refractivity contribution is -0.139. The quantitative estimate of drug-likeness (QED) is 0.310. The Morgan fingerprint density at radius 2 is 1.91 bits per heavy atom. The van der Waals surface area contributed by atoms with E-state index >= 15 is 0 Å². The molecule has 0 aliphatic heterocycles. The van der Waals surface area contributed by atoms with E-state index in [-0.39, 0.29) is 27.8 Å². The van der Waals surface area contributed by atoms with E-state index in [9.17, 15) is 28.7 Å². The Balaban J connectivity index is 1.71. The molecule has 35 heavy (non-hydrogen) atoms. The van der Waals surface area contributed by atoms with Gasteiger partial charge < -0.3 is 20.7 Å². The van der Waals surface area contributed by atoms with Crippen molar-refractivity contribution < 1.29 is 19.1 Å². The minimum atomic E-state index is -1.30. The highest BCUT2D eigenvalue weighted by Gasteiger charge is 2.25. The molecule has 0 saturated heterocycles. The molecule has 0 saturated carbocycles. The lowest BCUT2D eigenvalue weighted by Crippen LogP contribution is -2.35. The fourth-order valence-electron chi connectivity index (χ4n) is 3.65. The van der Waals surface area contributed by atoms with Crippen LogP contribution in [0.2, 0.25) is 4.34 Å². The van der Waals surface area contributed by atoms with E-state index in [4.69, 9.17) is 11.6 Å². The van der Waals surface area contributed by atoms with E-state index in [0.717, 1.165) is 22.0 Å². The first-order valence-corrected chi connectivity index (χ1v) is 11.4. The Bertz CT molecular complexity index is 1610. The van der Waals surface area contributed by atoms with Crippen molar-refractivity contribution in [2.45, 2.75) is 13.0 Å². The number of carbonyl (C=O) groups excluding carboxylic acids is 1. The number of nitrogens with one attached hydrogen (secondary N) is 3. The van der Waals surface area contributed by atoms with Gasteiger partial charge in [0.05, 0.1) is 26.6 Å². The second kappa shape index (κ2) is 9.35. The maximum Gasteiger partial charge on any atom is 0.333 e. The van der Waals surface area contributed by atoms with E-state index in [2.05, 4.69) is 15.6 Å². The number of amides is 1. The number of hydrogen-bond acceptors (Lipinski definition) is 6. The van der Waals surface area contributed by atoms with Crippen LogP contribution in [0.5, 0.6) is 0 Å². The summed E-state index contributed by atoms with van der Waals surface area (Å²) >= 11 is 6.92. The predicted octanol–water partition coefficient (Wildman–Crippen LogP) is 3.44. The van der Waals surface area contributed by atoms with Crippen LogP contribution in [0.15, 0.2) is 52.1 Å². The number of nitrogens with zero attached hydrogens (tertiary/aromatic N) is 1. The van der Waals surface area contributed by atoms with E-state index in [1.807, 2.05) is 0 Å². The average molecular weight is 517 g/mol. The topological polar surface area (TPSA) is 133 Å². The number of anilines is 1. The number of carboxylic acids is 1. The Kier molecular flexibility index (Phi) is 6.46. The molecule has 0 bridgehead atoms. The minimum Gasteiger partial charge on any atom is -0.479 e. The summed E-state index contributed by atoms with van der Waals surface area (Å²) in [7, 11) is 1.51. The second-order valence-electron chi connectivity index (χ2n) is 7.58. The Morgan fingerprint density at radius 3 is 2.51 bits per heavy atom. The largest absolute Gasteiger partial charge is 0.479 e. The van der Waals surface area contributed by atoms with Crippen molar-refractivity contribution in [2.24, 2.45) is 0 Å². The van der Waals surface area contributed by atoms with Gasteiger partial charge in [0.25, 0.3) is 11.5 Å². The number of aromatic amines is 1. The number of aryl methyl sites for hydroxylation is 1. The van der Waals surface area contributed by atoms with Crippen molar-refractivity contribution >= 4 is 51.4 Å². The van der Waals surface area contributed by atoms with Gasteiger partial charge in [-0.1, -0.05) is 11.6 Å². The molecule has 2 aromatic carbocycles. The molecule has 2 heterocycles. The zero-order chi connectivity index (χ0) is 25.4. The fourth-order valence-corrected chi connectivity index (χ4v) is 4.76. The summed E-state index contributed by atoms with van der Waals surface area (Å²) in [5, 5.41) is 14.6. The number of fused-ring (bicyclic) bond motifs is 1. The number of hydrogen-bond donors (Lipinski definition) is 4. The highest BCUT2D eigenvalue weighted by molar-refractivity contribution is 7.16. The summed E-state index contributed by atoms with van der Waals surface area (Å²) < 4.78 is 15.4. The van der Waals surface area contributed by atoms with Gasteiger partial charge in [0, 0.05) is 17.5 Å².